The van der Waals surface area contributed by atoms with Crippen LogP contribution in [0.1, 0.15) is 38.1 Å². The van der Waals surface area contributed by atoms with Crippen LogP contribution >= 0.6 is 0 Å². The van der Waals surface area contributed by atoms with Gasteiger partial charge in [0.1, 0.15) is 6.26 Å². The molecule has 0 saturated heterocycles. The maximum absolute atomic E-state index is 11.1. The Labute approximate surface area is 71.0 Å². The lowest BCUT2D eigenvalue weighted by Gasteiger charge is -2.21. The fraction of sp³-hybridized carbons (Fsp3) is 0.667. The maximum Gasteiger partial charge on any atom is 0.419 e. The predicted octanol–water partition coefficient (Wildman–Crippen LogP) is 1.95. The standard InChI is InChI=1S/C9H13NO2/c11-9-10(6-7-12-9)8-4-2-1-3-5-8/h6-8H,1-5H2. The fourth-order valence-corrected chi connectivity index (χ4v) is 1.91. The summed E-state index contributed by atoms with van der Waals surface area (Å²) >= 11 is 0. The van der Waals surface area contributed by atoms with Crippen molar-refractivity contribution in [3.63, 3.8) is 0 Å². The summed E-state index contributed by atoms with van der Waals surface area (Å²) in [5.74, 6) is -0.207. The lowest BCUT2D eigenvalue weighted by molar-refractivity contribution is 0.329. The first-order valence-electron chi connectivity index (χ1n) is 4.53. The van der Waals surface area contributed by atoms with Gasteiger partial charge in [-0.1, -0.05) is 19.3 Å². The van der Waals surface area contributed by atoms with Gasteiger partial charge in [0.15, 0.2) is 0 Å². The molecule has 1 aromatic rings. The highest BCUT2D eigenvalue weighted by Gasteiger charge is 2.16. The van der Waals surface area contributed by atoms with Crippen LogP contribution in [0.5, 0.6) is 0 Å². The van der Waals surface area contributed by atoms with E-state index in [1.165, 1.54) is 25.5 Å². The van der Waals surface area contributed by atoms with Crippen LogP contribution in [-0.2, 0) is 0 Å². The zero-order valence-electron chi connectivity index (χ0n) is 7.03. The number of hydrogen-bond acceptors (Lipinski definition) is 2. The summed E-state index contributed by atoms with van der Waals surface area (Å²) in [6.07, 6.45) is 9.25. The van der Waals surface area contributed by atoms with Gasteiger partial charge in [-0.3, -0.25) is 4.57 Å². The zero-order chi connectivity index (χ0) is 8.39. The van der Waals surface area contributed by atoms with Gasteiger partial charge in [-0.15, -0.1) is 0 Å². The van der Waals surface area contributed by atoms with Gasteiger partial charge in [0.05, 0.1) is 0 Å². The van der Waals surface area contributed by atoms with Crippen LogP contribution in [0.3, 0.4) is 0 Å². The molecular formula is C9H13NO2. The summed E-state index contributed by atoms with van der Waals surface area (Å²) in [6.45, 7) is 0. The minimum absolute atomic E-state index is 0.207. The first-order chi connectivity index (χ1) is 5.88. The van der Waals surface area contributed by atoms with E-state index in [4.69, 9.17) is 4.42 Å². The lowest BCUT2D eigenvalue weighted by Crippen LogP contribution is -2.21. The van der Waals surface area contributed by atoms with E-state index in [0.29, 0.717) is 6.04 Å². The van der Waals surface area contributed by atoms with E-state index in [1.54, 1.807) is 10.8 Å². The molecule has 1 aliphatic carbocycles. The van der Waals surface area contributed by atoms with Crippen LogP contribution in [0, 0.1) is 0 Å². The highest BCUT2D eigenvalue weighted by molar-refractivity contribution is 4.79. The highest BCUT2D eigenvalue weighted by Crippen LogP contribution is 2.26. The monoisotopic (exact) mass is 167 g/mol. The molecule has 3 nitrogen and oxygen atoms in total. The third-order valence-corrected chi connectivity index (χ3v) is 2.57. The minimum Gasteiger partial charge on any atom is -0.416 e. The van der Waals surface area contributed by atoms with Crippen molar-refractivity contribution >= 4 is 0 Å². The molecule has 66 valence electrons. The second-order valence-electron chi connectivity index (χ2n) is 3.37. The molecule has 0 radical (unpaired) electrons. The van der Waals surface area contributed by atoms with Crippen molar-refractivity contribution in [1.82, 2.24) is 4.57 Å². The zero-order valence-corrected chi connectivity index (χ0v) is 7.03. The fourth-order valence-electron chi connectivity index (χ4n) is 1.91. The predicted molar refractivity (Wildman–Crippen MR) is 45.1 cm³/mol. The van der Waals surface area contributed by atoms with Crippen molar-refractivity contribution in [2.24, 2.45) is 0 Å². The molecule has 2 rings (SSSR count). The molecule has 0 amide bonds. The van der Waals surface area contributed by atoms with Crippen LogP contribution in [-0.4, -0.2) is 4.57 Å². The normalized spacial score (nSPS) is 19.7. The Morgan fingerprint density at radius 3 is 2.67 bits per heavy atom. The number of aromatic nitrogens is 1. The van der Waals surface area contributed by atoms with Crippen LogP contribution in [0.25, 0.3) is 0 Å². The van der Waals surface area contributed by atoms with E-state index in [1.807, 2.05) is 0 Å². The van der Waals surface area contributed by atoms with Crippen LogP contribution < -0.4 is 5.76 Å². The van der Waals surface area contributed by atoms with Crippen molar-refractivity contribution in [3.8, 4) is 0 Å². The van der Waals surface area contributed by atoms with E-state index in [9.17, 15) is 4.79 Å². The molecular weight excluding hydrogens is 154 g/mol. The highest BCUT2D eigenvalue weighted by atomic mass is 16.4. The topological polar surface area (TPSA) is 35.1 Å². The van der Waals surface area contributed by atoms with E-state index in [-0.39, 0.29) is 5.76 Å². The Morgan fingerprint density at radius 1 is 1.33 bits per heavy atom. The van der Waals surface area contributed by atoms with Gasteiger partial charge in [-0.2, -0.15) is 0 Å². The molecule has 0 atom stereocenters. The molecule has 0 N–H and O–H groups in total. The molecule has 1 fully saturated rings. The second-order valence-corrected chi connectivity index (χ2v) is 3.37. The van der Waals surface area contributed by atoms with Crippen LogP contribution in [0.4, 0.5) is 0 Å². The molecule has 0 unspecified atom stereocenters. The Morgan fingerprint density at radius 2 is 2.08 bits per heavy atom. The van der Waals surface area contributed by atoms with E-state index in [2.05, 4.69) is 0 Å². The van der Waals surface area contributed by atoms with Gasteiger partial charge in [0.2, 0.25) is 0 Å². The molecule has 0 bridgehead atoms. The number of rotatable bonds is 1. The molecule has 1 aliphatic rings. The molecule has 12 heavy (non-hydrogen) atoms. The molecule has 0 aliphatic heterocycles. The molecule has 1 heterocycles. The smallest absolute Gasteiger partial charge is 0.416 e. The van der Waals surface area contributed by atoms with Gasteiger partial charge in [-0.25, -0.2) is 4.79 Å². The molecule has 3 heteroatoms. The first kappa shape index (κ1) is 7.65. The SMILES string of the molecule is O=c1occn1C1CCCCC1. The lowest BCUT2D eigenvalue weighted by atomic mass is 9.95. The number of hydrogen-bond donors (Lipinski definition) is 0. The van der Waals surface area contributed by atoms with Crippen molar-refractivity contribution in [2.45, 2.75) is 38.1 Å². The molecule has 1 aromatic heterocycles. The minimum atomic E-state index is -0.207. The maximum atomic E-state index is 11.1. The van der Waals surface area contributed by atoms with Gasteiger partial charge in [-0.05, 0) is 12.8 Å². The molecule has 0 spiro atoms. The number of nitrogens with zero attached hydrogens (tertiary/aromatic N) is 1. The number of oxazole rings is 1. The van der Waals surface area contributed by atoms with Gasteiger partial charge in [0.25, 0.3) is 0 Å². The Kier molecular flexibility index (Phi) is 2.02. The third-order valence-electron chi connectivity index (χ3n) is 2.57. The van der Waals surface area contributed by atoms with Crippen LogP contribution in [0.2, 0.25) is 0 Å². The summed E-state index contributed by atoms with van der Waals surface area (Å²) in [5.41, 5.74) is 0. The van der Waals surface area contributed by atoms with Crippen LogP contribution in [0.15, 0.2) is 21.7 Å². The van der Waals surface area contributed by atoms with Crippen molar-refractivity contribution in [1.29, 1.82) is 0 Å². The quantitative estimate of drug-likeness (QED) is 0.640. The average Bonchev–Trinajstić information content (AvgIpc) is 2.53. The van der Waals surface area contributed by atoms with E-state index < -0.39 is 0 Å². The second kappa shape index (κ2) is 3.17. The largest absolute Gasteiger partial charge is 0.419 e. The van der Waals surface area contributed by atoms with Crippen molar-refractivity contribution in [3.05, 3.63) is 23.0 Å². The van der Waals surface area contributed by atoms with Crippen molar-refractivity contribution < 1.29 is 4.42 Å². The summed E-state index contributed by atoms with van der Waals surface area (Å²) < 4.78 is 6.45. The van der Waals surface area contributed by atoms with Gasteiger partial charge < -0.3 is 4.42 Å². The summed E-state index contributed by atoms with van der Waals surface area (Å²) in [5, 5.41) is 0. The van der Waals surface area contributed by atoms with Crippen molar-refractivity contribution in [2.75, 3.05) is 0 Å². The Hall–Kier alpha value is -0.990. The molecule has 0 aromatic carbocycles. The Balaban J connectivity index is 2.18. The Bertz CT molecular complexity index is 293. The molecule has 1 saturated carbocycles. The van der Waals surface area contributed by atoms with E-state index in [0.717, 1.165) is 12.8 Å². The third kappa shape index (κ3) is 1.31. The van der Waals surface area contributed by atoms with Gasteiger partial charge >= 0.3 is 5.76 Å². The van der Waals surface area contributed by atoms with Gasteiger partial charge in [0, 0.05) is 12.2 Å². The summed E-state index contributed by atoms with van der Waals surface area (Å²) in [6, 6.07) is 0.394. The van der Waals surface area contributed by atoms with E-state index >= 15 is 0 Å². The summed E-state index contributed by atoms with van der Waals surface area (Å²) in [7, 11) is 0. The summed E-state index contributed by atoms with van der Waals surface area (Å²) in [4.78, 5) is 11.1. The average molecular weight is 167 g/mol. The first-order valence-corrected chi connectivity index (χ1v) is 4.53.